The summed E-state index contributed by atoms with van der Waals surface area (Å²) >= 11 is 0. The maximum Gasteiger partial charge on any atom is 0.328 e. The Morgan fingerprint density at radius 2 is 2.17 bits per heavy atom. The molecule has 0 aliphatic heterocycles. The molecule has 0 saturated heterocycles. The van der Waals surface area contributed by atoms with Crippen molar-refractivity contribution in [2.24, 2.45) is 0 Å². The Kier molecular flexibility index (Phi) is 5.45. The van der Waals surface area contributed by atoms with Gasteiger partial charge in [-0.05, 0) is 23.8 Å². The van der Waals surface area contributed by atoms with Crippen molar-refractivity contribution in [1.29, 1.82) is 0 Å². The number of carboxylic acid groups (broad SMARTS) is 1. The molecule has 0 amide bonds. The molecule has 0 saturated carbocycles. The summed E-state index contributed by atoms with van der Waals surface area (Å²) in [7, 11) is 1.51. The van der Waals surface area contributed by atoms with Crippen LogP contribution in [0.25, 0.3) is 6.08 Å². The number of aromatic nitrogens is 1. The van der Waals surface area contributed by atoms with E-state index in [1.165, 1.54) is 25.3 Å². The summed E-state index contributed by atoms with van der Waals surface area (Å²) in [5, 5.41) is 19.2. The summed E-state index contributed by atoms with van der Waals surface area (Å²) in [6.07, 6.45) is 3.60. The predicted octanol–water partition coefficient (Wildman–Crippen LogP) is 2.68. The molecule has 0 unspecified atom stereocenters. The molecule has 2 aromatic rings. The quantitative estimate of drug-likeness (QED) is 0.472. The van der Waals surface area contributed by atoms with Crippen molar-refractivity contribution >= 4 is 17.7 Å². The van der Waals surface area contributed by atoms with Crippen LogP contribution in [-0.2, 0) is 11.4 Å². The number of benzene rings is 1. The third-order valence-electron chi connectivity index (χ3n) is 3.03. The van der Waals surface area contributed by atoms with Gasteiger partial charge in [-0.3, -0.25) is 10.1 Å². The number of nitro groups is 1. The largest absolute Gasteiger partial charge is 0.496 e. The number of aliphatic carboxylic acids is 1. The topological polar surface area (TPSA) is 112 Å². The van der Waals surface area contributed by atoms with Gasteiger partial charge in [0.1, 0.15) is 18.6 Å². The molecule has 1 aromatic carbocycles. The first-order chi connectivity index (χ1) is 11.5. The van der Waals surface area contributed by atoms with Crippen molar-refractivity contribution in [3.63, 3.8) is 0 Å². The van der Waals surface area contributed by atoms with E-state index in [2.05, 4.69) is 4.98 Å². The van der Waals surface area contributed by atoms with Crippen LogP contribution in [-0.4, -0.2) is 28.1 Å². The van der Waals surface area contributed by atoms with Crippen LogP contribution in [0.3, 0.4) is 0 Å². The van der Waals surface area contributed by atoms with Crippen molar-refractivity contribution in [3.8, 4) is 11.6 Å². The number of hydrogen-bond donors (Lipinski definition) is 1. The van der Waals surface area contributed by atoms with Crippen LogP contribution in [0.4, 0.5) is 5.69 Å². The van der Waals surface area contributed by atoms with Crippen molar-refractivity contribution in [2.75, 3.05) is 7.11 Å². The molecule has 0 atom stereocenters. The van der Waals surface area contributed by atoms with Crippen LogP contribution in [0.15, 0.2) is 42.6 Å². The molecule has 0 bridgehead atoms. The smallest absolute Gasteiger partial charge is 0.328 e. The molecule has 124 valence electrons. The summed E-state index contributed by atoms with van der Waals surface area (Å²) in [4.78, 5) is 24.5. The first-order valence-corrected chi connectivity index (χ1v) is 6.81. The van der Waals surface area contributed by atoms with Crippen molar-refractivity contribution in [1.82, 2.24) is 4.98 Å². The van der Waals surface area contributed by atoms with E-state index >= 15 is 0 Å². The van der Waals surface area contributed by atoms with Gasteiger partial charge in [0.2, 0.25) is 5.88 Å². The second-order valence-electron chi connectivity index (χ2n) is 4.64. The Balaban J connectivity index is 2.13. The van der Waals surface area contributed by atoms with Crippen LogP contribution in [0, 0.1) is 10.1 Å². The fourth-order valence-electron chi connectivity index (χ4n) is 1.90. The Labute approximate surface area is 137 Å². The zero-order chi connectivity index (χ0) is 17.5. The molecule has 1 N–H and O–H groups in total. The van der Waals surface area contributed by atoms with Gasteiger partial charge in [0, 0.05) is 23.8 Å². The standard InChI is InChI=1S/C16H14N2O6/c1-23-14-5-2-11(3-7-16(19)20)8-12(14)10-24-15-6-4-13(9-17-15)18(21)22/h2-9H,10H2,1H3,(H,19,20). The van der Waals surface area contributed by atoms with E-state index in [0.29, 0.717) is 16.9 Å². The van der Waals surface area contributed by atoms with Gasteiger partial charge < -0.3 is 14.6 Å². The minimum atomic E-state index is -1.04. The number of methoxy groups -OCH3 is 1. The van der Waals surface area contributed by atoms with Crippen LogP contribution in [0.1, 0.15) is 11.1 Å². The average Bonchev–Trinajstić information content (AvgIpc) is 2.58. The summed E-state index contributed by atoms with van der Waals surface area (Å²) in [6.45, 7) is 0.114. The van der Waals surface area contributed by atoms with Crippen LogP contribution < -0.4 is 9.47 Å². The molecular weight excluding hydrogens is 316 g/mol. The lowest BCUT2D eigenvalue weighted by atomic mass is 10.1. The average molecular weight is 330 g/mol. The minimum Gasteiger partial charge on any atom is -0.496 e. The highest BCUT2D eigenvalue weighted by Crippen LogP contribution is 2.23. The van der Waals surface area contributed by atoms with E-state index in [0.717, 1.165) is 12.3 Å². The van der Waals surface area contributed by atoms with Crippen molar-refractivity contribution in [2.45, 2.75) is 6.61 Å². The first-order valence-electron chi connectivity index (χ1n) is 6.81. The van der Waals surface area contributed by atoms with Gasteiger partial charge in [-0.25, -0.2) is 9.78 Å². The zero-order valence-electron chi connectivity index (χ0n) is 12.7. The maximum absolute atomic E-state index is 10.6. The van der Waals surface area contributed by atoms with E-state index in [4.69, 9.17) is 14.6 Å². The number of hydrogen-bond acceptors (Lipinski definition) is 6. The second kappa shape index (κ2) is 7.73. The highest BCUT2D eigenvalue weighted by atomic mass is 16.6. The summed E-state index contributed by atoms with van der Waals surface area (Å²) < 4.78 is 10.7. The Hall–Kier alpha value is -3.42. The normalized spacial score (nSPS) is 10.5. The van der Waals surface area contributed by atoms with E-state index in [-0.39, 0.29) is 18.2 Å². The fourth-order valence-corrected chi connectivity index (χ4v) is 1.90. The monoisotopic (exact) mass is 330 g/mol. The second-order valence-corrected chi connectivity index (χ2v) is 4.64. The molecule has 0 aliphatic carbocycles. The van der Waals surface area contributed by atoms with Gasteiger partial charge in [0.05, 0.1) is 12.0 Å². The van der Waals surface area contributed by atoms with E-state index in [1.54, 1.807) is 18.2 Å². The molecule has 1 heterocycles. The van der Waals surface area contributed by atoms with Gasteiger partial charge in [0.25, 0.3) is 5.69 Å². The molecule has 8 heteroatoms. The van der Waals surface area contributed by atoms with Crippen LogP contribution in [0.2, 0.25) is 0 Å². The third kappa shape index (κ3) is 4.54. The third-order valence-corrected chi connectivity index (χ3v) is 3.03. The van der Waals surface area contributed by atoms with Crippen LogP contribution >= 0.6 is 0 Å². The Morgan fingerprint density at radius 3 is 2.75 bits per heavy atom. The molecule has 24 heavy (non-hydrogen) atoms. The van der Waals surface area contributed by atoms with Gasteiger partial charge in [0.15, 0.2) is 0 Å². The Morgan fingerprint density at radius 1 is 1.38 bits per heavy atom. The van der Waals surface area contributed by atoms with Gasteiger partial charge in [-0.15, -0.1) is 0 Å². The van der Waals surface area contributed by atoms with Crippen molar-refractivity contribution < 1.29 is 24.3 Å². The van der Waals surface area contributed by atoms with Gasteiger partial charge in [-0.1, -0.05) is 6.07 Å². The zero-order valence-corrected chi connectivity index (χ0v) is 12.7. The molecule has 0 aliphatic rings. The van der Waals surface area contributed by atoms with Gasteiger partial charge in [-0.2, -0.15) is 0 Å². The number of ether oxygens (including phenoxy) is 2. The van der Waals surface area contributed by atoms with Crippen LogP contribution in [0.5, 0.6) is 11.6 Å². The molecule has 0 spiro atoms. The molecule has 8 nitrogen and oxygen atoms in total. The summed E-state index contributed by atoms with van der Waals surface area (Å²) in [5.74, 6) is -0.239. The van der Waals surface area contributed by atoms with E-state index < -0.39 is 10.9 Å². The van der Waals surface area contributed by atoms with E-state index in [9.17, 15) is 14.9 Å². The number of rotatable bonds is 7. The summed E-state index contributed by atoms with van der Waals surface area (Å²) in [5.41, 5.74) is 1.24. The highest BCUT2D eigenvalue weighted by Gasteiger charge is 2.08. The molecule has 0 fully saturated rings. The first kappa shape index (κ1) is 16.9. The SMILES string of the molecule is COc1ccc(C=CC(=O)O)cc1COc1ccc([N+](=O)[O-])cn1. The maximum atomic E-state index is 10.6. The lowest BCUT2D eigenvalue weighted by molar-refractivity contribution is -0.385. The lowest BCUT2D eigenvalue weighted by Gasteiger charge is -2.10. The Bertz CT molecular complexity index is 771. The van der Waals surface area contributed by atoms with E-state index in [1.807, 2.05) is 0 Å². The summed E-state index contributed by atoms with van der Waals surface area (Å²) in [6, 6.07) is 7.84. The minimum absolute atomic E-state index is 0.114. The lowest BCUT2D eigenvalue weighted by Crippen LogP contribution is -2.01. The number of pyridine rings is 1. The molecule has 2 rings (SSSR count). The van der Waals surface area contributed by atoms with Crippen molar-refractivity contribution in [3.05, 3.63) is 63.8 Å². The molecular formula is C16H14N2O6. The number of carboxylic acids is 1. The number of nitrogens with zero attached hydrogens (tertiary/aromatic N) is 2. The van der Waals surface area contributed by atoms with Gasteiger partial charge >= 0.3 is 5.97 Å². The molecule has 1 aromatic heterocycles. The number of carbonyl (C=O) groups is 1. The highest BCUT2D eigenvalue weighted by molar-refractivity contribution is 5.85. The predicted molar refractivity (Wildman–Crippen MR) is 84.9 cm³/mol. The molecule has 0 radical (unpaired) electrons. The fraction of sp³-hybridized carbons (Fsp3) is 0.125.